The van der Waals surface area contributed by atoms with Gasteiger partial charge in [-0.3, -0.25) is 0 Å². The summed E-state index contributed by atoms with van der Waals surface area (Å²) in [5.74, 6) is 0.804. The van der Waals surface area contributed by atoms with E-state index in [1.165, 1.54) is 11.1 Å². The van der Waals surface area contributed by atoms with Gasteiger partial charge in [0, 0.05) is 19.7 Å². The minimum Gasteiger partial charge on any atom is -0.383 e. The van der Waals surface area contributed by atoms with Gasteiger partial charge in [0.1, 0.15) is 0 Å². The molecule has 0 aliphatic heterocycles. The number of aliphatic imine (C=N–C) groups is 1. The molecule has 0 heterocycles. The van der Waals surface area contributed by atoms with Gasteiger partial charge < -0.3 is 20.1 Å². The first kappa shape index (κ1) is 24.1. The third-order valence-corrected chi connectivity index (χ3v) is 3.23. The third-order valence-electron chi connectivity index (χ3n) is 3.23. The highest BCUT2D eigenvalue weighted by atomic mass is 127. The molecule has 0 amide bonds. The fourth-order valence-electron chi connectivity index (χ4n) is 2.13. The Hall–Kier alpha value is -0.860. The van der Waals surface area contributed by atoms with Crippen molar-refractivity contribution < 1.29 is 9.47 Å². The van der Waals surface area contributed by atoms with Crippen LogP contribution in [0.1, 0.15) is 45.7 Å². The molecule has 0 saturated heterocycles. The quantitative estimate of drug-likeness (QED) is 0.351. The van der Waals surface area contributed by atoms with Crippen LogP contribution in [0.4, 0.5) is 0 Å². The SMILES string of the molecule is CCNC(=NCc1cccc(COC(C)(C)C)c1)NC(C)COC.I. The molecule has 0 spiro atoms. The first-order valence-electron chi connectivity index (χ1n) is 8.59. The molecule has 0 aliphatic carbocycles. The van der Waals surface area contributed by atoms with E-state index in [9.17, 15) is 0 Å². The number of benzene rings is 1. The minimum atomic E-state index is -0.131. The Kier molecular flexibility index (Phi) is 12.1. The summed E-state index contributed by atoms with van der Waals surface area (Å²) in [7, 11) is 1.70. The Labute approximate surface area is 170 Å². The first-order valence-corrected chi connectivity index (χ1v) is 8.59. The van der Waals surface area contributed by atoms with Crippen LogP contribution in [-0.4, -0.2) is 37.9 Å². The van der Waals surface area contributed by atoms with Gasteiger partial charge in [-0.1, -0.05) is 24.3 Å². The number of nitrogens with one attached hydrogen (secondary N) is 2. The number of nitrogens with zero attached hydrogens (tertiary/aromatic N) is 1. The van der Waals surface area contributed by atoms with Crippen LogP contribution in [0.2, 0.25) is 0 Å². The average Bonchev–Trinajstić information content (AvgIpc) is 2.51. The van der Waals surface area contributed by atoms with Crippen molar-refractivity contribution in [2.75, 3.05) is 20.3 Å². The third kappa shape index (κ3) is 11.4. The van der Waals surface area contributed by atoms with Gasteiger partial charge >= 0.3 is 0 Å². The summed E-state index contributed by atoms with van der Waals surface area (Å²) in [5, 5.41) is 6.60. The molecule has 0 fully saturated rings. The lowest BCUT2D eigenvalue weighted by atomic mass is 10.1. The van der Waals surface area contributed by atoms with Gasteiger partial charge in [0.05, 0.1) is 25.4 Å². The van der Waals surface area contributed by atoms with Gasteiger partial charge in [0.2, 0.25) is 0 Å². The summed E-state index contributed by atoms with van der Waals surface area (Å²) in [5.41, 5.74) is 2.21. The van der Waals surface area contributed by atoms with Gasteiger partial charge in [-0.25, -0.2) is 4.99 Å². The van der Waals surface area contributed by atoms with E-state index in [-0.39, 0.29) is 35.6 Å². The molecule has 0 aromatic heterocycles. The highest BCUT2D eigenvalue weighted by molar-refractivity contribution is 14.0. The molecule has 1 aromatic rings. The Balaban J connectivity index is 0.00000576. The van der Waals surface area contributed by atoms with Crippen molar-refractivity contribution in [1.82, 2.24) is 10.6 Å². The molecular weight excluding hydrogens is 429 g/mol. The zero-order chi connectivity index (χ0) is 18.0. The van der Waals surface area contributed by atoms with Gasteiger partial charge in [0.15, 0.2) is 5.96 Å². The van der Waals surface area contributed by atoms with E-state index in [4.69, 9.17) is 9.47 Å². The van der Waals surface area contributed by atoms with Crippen molar-refractivity contribution in [3.05, 3.63) is 35.4 Å². The van der Waals surface area contributed by atoms with Crippen molar-refractivity contribution in [2.45, 2.75) is 59.4 Å². The Morgan fingerprint density at radius 1 is 1.24 bits per heavy atom. The number of ether oxygens (including phenoxy) is 2. The zero-order valence-corrected chi connectivity index (χ0v) is 18.7. The van der Waals surface area contributed by atoms with Gasteiger partial charge in [-0.2, -0.15) is 0 Å². The minimum absolute atomic E-state index is 0. The predicted molar refractivity (Wildman–Crippen MR) is 116 cm³/mol. The van der Waals surface area contributed by atoms with Gasteiger partial charge in [0.25, 0.3) is 0 Å². The lowest BCUT2D eigenvalue weighted by molar-refractivity contribution is -0.0149. The molecule has 5 nitrogen and oxygen atoms in total. The average molecular weight is 463 g/mol. The van der Waals surface area contributed by atoms with Crippen LogP contribution in [0.25, 0.3) is 0 Å². The molecule has 1 aromatic carbocycles. The molecule has 25 heavy (non-hydrogen) atoms. The Morgan fingerprint density at radius 3 is 2.52 bits per heavy atom. The van der Waals surface area contributed by atoms with Crippen molar-refractivity contribution in [2.24, 2.45) is 4.99 Å². The highest BCUT2D eigenvalue weighted by Gasteiger charge is 2.10. The van der Waals surface area contributed by atoms with Gasteiger partial charge in [-0.05, 0) is 45.7 Å². The molecule has 144 valence electrons. The molecule has 6 heteroatoms. The van der Waals surface area contributed by atoms with Crippen molar-refractivity contribution in [1.29, 1.82) is 0 Å². The van der Waals surface area contributed by atoms with E-state index >= 15 is 0 Å². The Bertz CT molecular complexity index is 516. The number of hydrogen-bond acceptors (Lipinski definition) is 3. The second kappa shape index (κ2) is 12.5. The molecule has 0 aliphatic rings. The molecule has 0 radical (unpaired) electrons. The topological polar surface area (TPSA) is 54.9 Å². The van der Waals surface area contributed by atoms with Crippen LogP contribution < -0.4 is 10.6 Å². The first-order chi connectivity index (χ1) is 11.3. The molecular formula is C19H34IN3O2. The fraction of sp³-hybridized carbons (Fsp3) is 0.632. The summed E-state index contributed by atoms with van der Waals surface area (Å²) in [6, 6.07) is 8.59. The molecule has 0 bridgehead atoms. The largest absolute Gasteiger partial charge is 0.383 e. The summed E-state index contributed by atoms with van der Waals surface area (Å²) in [6.07, 6.45) is 0. The van der Waals surface area contributed by atoms with E-state index in [1.807, 2.05) is 0 Å². The van der Waals surface area contributed by atoms with Crippen molar-refractivity contribution >= 4 is 29.9 Å². The van der Waals surface area contributed by atoms with Crippen LogP contribution >= 0.6 is 24.0 Å². The predicted octanol–water partition coefficient (Wildman–Crippen LogP) is 3.71. The summed E-state index contributed by atoms with van der Waals surface area (Å²) < 4.78 is 11.0. The maximum absolute atomic E-state index is 5.84. The van der Waals surface area contributed by atoms with Crippen LogP contribution in [0.5, 0.6) is 0 Å². The molecule has 0 saturated carbocycles. The molecule has 1 atom stereocenters. The second-order valence-corrected chi connectivity index (χ2v) is 6.92. The number of methoxy groups -OCH3 is 1. The van der Waals surface area contributed by atoms with E-state index in [0.29, 0.717) is 19.8 Å². The van der Waals surface area contributed by atoms with Crippen molar-refractivity contribution in [3.8, 4) is 0 Å². The normalized spacial score (nSPS) is 13.1. The van der Waals surface area contributed by atoms with E-state index in [1.54, 1.807) is 7.11 Å². The lowest BCUT2D eigenvalue weighted by Crippen LogP contribution is -2.43. The van der Waals surface area contributed by atoms with Crippen molar-refractivity contribution in [3.63, 3.8) is 0 Å². The Morgan fingerprint density at radius 2 is 1.92 bits per heavy atom. The maximum atomic E-state index is 5.84. The molecule has 1 unspecified atom stereocenters. The lowest BCUT2D eigenvalue weighted by Gasteiger charge is -2.19. The number of hydrogen-bond donors (Lipinski definition) is 2. The van der Waals surface area contributed by atoms with Crippen LogP contribution in [0.15, 0.2) is 29.3 Å². The molecule has 1 rings (SSSR count). The zero-order valence-electron chi connectivity index (χ0n) is 16.4. The standard InChI is InChI=1S/C19H33N3O2.HI/c1-7-20-18(22-15(2)13-23-6)21-12-16-9-8-10-17(11-16)14-24-19(3,4)5;/h8-11,15H,7,12-14H2,1-6H3,(H2,20,21,22);1H. The highest BCUT2D eigenvalue weighted by Crippen LogP contribution is 2.13. The number of guanidine groups is 1. The maximum Gasteiger partial charge on any atom is 0.191 e. The summed E-state index contributed by atoms with van der Waals surface area (Å²) >= 11 is 0. The van der Waals surface area contributed by atoms with Crippen LogP contribution in [0.3, 0.4) is 0 Å². The summed E-state index contributed by atoms with van der Waals surface area (Å²) in [6.45, 7) is 13.0. The van der Waals surface area contributed by atoms with Crippen LogP contribution in [-0.2, 0) is 22.6 Å². The molecule has 2 N–H and O–H groups in total. The smallest absolute Gasteiger partial charge is 0.191 e. The van der Waals surface area contributed by atoms with Gasteiger partial charge in [-0.15, -0.1) is 24.0 Å². The van der Waals surface area contributed by atoms with E-state index in [0.717, 1.165) is 12.5 Å². The number of rotatable bonds is 8. The van der Waals surface area contributed by atoms with Crippen LogP contribution in [0, 0.1) is 0 Å². The van der Waals surface area contributed by atoms with E-state index in [2.05, 4.69) is 74.5 Å². The fourth-order valence-corrected chi connectivity index (χ4v) is 2.13. The summed E-state index contributed by atoms with van der Waals surface area (Å²) in [4.78, 5) is 4.65. The monoisotopic (exact) mass is 463 g/mol. The second-order valence-electron chi connectivity index (χ2n) is 6.92. The van der Waals surface area contributed by atoms with E-state index < -0.39 is 0 Å². The number of halogens is 1.